The van der Waals surface area contributed by atoms with Crippen molar-refractivity contribution in [2.24, 2.45) is 5.73 Å². The lowest BCUT2D eigenvalue weighted by molar-refractivity contribution is -0.140. The molecule has 7 heteroatoms. The van der Waals surface area contributed by atoms with Crippen molar-refractivity contribution in [1.29, 1.82) is 0 Å². The normalized spacial score (nSPS) is 22.6. The molecular weight excluding hydrogens is 287 g/mol. The lowest BCUT2D eigenvalue weighted by Crippen LogP contribution is -2.57. The first-order valence-corrected chi connectivity index (χ1v) is 6.48. The molecule has 1 aromatic rings. The van der Waals surface area contributed by atoms with Crippen LogP contribution in [0, 0.1) is 5.82 Å². The van der Waals surface area contributed by atoms with E-state index in [9.17, 15) is 19.1 Å². The van der Waals surface area contributed by atoms with Crippen molar-refractivity contribution >= 4 is 23.4 Å². The molecule has 1 fully saturated rings. The third-order valence-electron chi connectivity index (χ3n) is 3.38. The highest BCUT2D eigenvalue weighted by Gasteiger charge is 2.40. The number of hydrogen-bond acceptors (Lipinski definition) is 3. The quantitative estimate of drug-likeness (QED) is 0.852. The van der Waals surface area contributed by atoms with Crippen LogP contribution in [0.15, 0.2) is 18.2 Å². The Balaban J connectivity index is 2.23. The van der Waals surface area contributed by atoms with Crippen LogP contribution in [0.5, 0.6) is 0 Å². The molecule has 108 valence electrons. The monoisotopic (exact) mass is 300 g/mol. The molecule has 0 radical (unpaired) electrons. The van der Waals surface area contributed by atoms with Crippen molar-refractivity contribution in [3.8, 4) is 0 Å². The molecular formula is C13H14ClFN2O3. The second-order valence-corrected chi connectivity index (χ2v) is 5.29. The number of likely N-dealkylation sites (tertiary alicyclic amines) is 1. The molecule has 1 aliphatic heterocycles. The fourth-order valence-electron chi connectivity index (χ4n) is 2.24. The number of benzene rings is 1. The van der Waals surface area contributed by atoms with Crippen LogP contribution in [0.2, 0.25) is 5.02 Å². The van der Waals surface area contributed by atoms with Crippen molar-refractivity contribution in [3.05, 3.63) is 34.6 Å². The van der Waals surface area contributed by atoms with Crippen molar-refractivity contribution < 1.29 is 19.1 Å². The second-order valence-electron chi connectivity index (χ2n) is 4.85. The summed E-state index contributed by atoms with van der Waals surface area (Å²) < 4.78 is 13.7. The summed E-state index contributed by atoms with van der Waals surface area (Å²) in [4.78, 5) is 24.7. The Bertz CT molecular complexity index is 567. The number of piperidine rings is 1. The molecule has 2 rings (SSSR count). The van der Waals surface area contributed by atoms with E-state index in [1.807, 2.05) is 0 Å². The van der Waals surface area contributed by atoms with Gasteiger partial charge in [0.15, 0.2) is 5.60 Å². The number of β-amino-alcohol motifs (C(OH)–C–C–N with tert-alkyl or cyclic N) is 1. The molecule has 0 saturated carbocycles. The van der Waals surface area contributed by atoms with Gasteiger partial charge in [-0.15, -0.1) is 0 Å². The van der Waals surface area contributed by atoms with Crippen molar-refractivity contribution in [3.63, 3.8) is 0 Å². The van der Waals surface area contributed by atoms with Gasteiger partial charge in [-0.1, -0.05) is 11.6 Å². The summed E-state index contributed by atoms with van der Waals surface area (Å²) in [5.74, 6) is -2.22. The Morgan fingerprint density at radius 2 is 2.15 bits per heavy atom. The van der Waals surface area contributed by atoms with Crippen LogP contribution in [0.1, 0.15) is 23.2 Å². The lowest BCUT2D eigenvalue weighted by Gasteiger charge is -2.37. The number of halogens is 2. The molecule has 0 aromatic heterocycles. The Morgan fingerprint density at radius 3 is 2.75 bits per heavy atom. The average molecular weight is 301 g/mol. The highest BCUT2D eigenvalue weighted by molar-refractivity contribution is 6.30. The first kappa shape index (κ1) is 14.7. The van der Waals surface area contributed by atoms with Gasteiger partial charge in [0.2, 0.25) is 0 Å². The number of carbonyl (C=O) groups is 2. The van der Waals surface area contributed by atoms with Gasteiger partial charge >= 0.3 is 0 Å². The highest BCUT2D eigenvalue weighted by atomic mass is 35.5. The van der Waals surface area contributed by atoms with E-state index in [1.165, 1.54) is 17.0 Å². The van der Waals surface area contributed by atoms with Gasteiger partial charge in [0.1, 0.15) is 5.82 Å². The summed E-state index contributed by atoms with van der Waals surface area (Å²) in [5.41, 5.74) is 3.23. The zero-order valence-corrected chi connectivity index (χ0v) is 11.4. The summed E-state index contributed by atoms with van der Waals surface area (Å²) in [6, 6.07) is 3.72. The molecule has 0 spiro atoms. The van der Waals surface area contributed by atoms with Gasteiger partial charge in [0.25, 0.3) is 11.8 Å². The SMILES string of the molecule is NC(=O)[C@@]1(O)CCCN(C(=O)c2ccc(Cl)cc2F)C1. The largest absolute Gasteiger partial charge is 0.378 e. The Kier molecular flexibility index (Phi) is 3.96. The van der Waals surface area contributed by atoms with Gasteiger partial charge in [-0.25, -0.2) is 4.39 Å². The predicted octanol–water partition coefficient (Wildman–Crippen LogP) is 0.931. The van der Waals surface area contributed by atoms with Crippen LogP contribution in [-0.4, -0.2) is 40.5 Å². The van der Waals surface area contributed by atoms with Crippen molar-refractivity contribution in [2.45, 2.75) is 18.4 Å². The van der Waals surface area contributed by atoms with Crippen LogP contribution in [0.25, 0.3) is 0 Å². The maximum atomic E-state index is 13.7. The van der Waals surface area contributed by atoms with E-state index in [2.05, 4.69) is 0 Å². The second kappa shape index (κ2) is 5.38. The molecule has 1 heterocycles. The topological polar surface area (TPSA) is 83.6 Å². The van der Waals surface area contributed by atoms with E-state index in [4.69, 9.17) is 17.3 Å². The minimum atomic E-state index is -1.75. The predicted molar refractivity (Wildman–Crippen MR) is 70.7 cm³/mol. The van der Waals surface area contributed by atoms with Crippen molar-refractivity contribution in [2.75, 3.05) is 13.1 Å². The number of primary amides is 1. The first-order valence-electron chi connectivity index (χ1n) is 6.10. The van der Waals surface area contributed by atoms with Gasteiger partial charge in [-0.2, -0.15) is 0 Å². The summed E-state index contributed by atoms with van der Waals surface area (Å²) >= 11 is 5.63. The van der Waals surface area contributed by atoms with E-state index in [-0.39, 0.29) is 23.6 Å². The van der Waals surface area contributed by atoms with Crippen LogP contribution in [0.3, 0.4) is 0 Å². The zero-order valence-electron chi connectivity index (χ0n) is 10.6. The average Bonchev–Trinajstić information content (AvgIpc) is 2.38. The number of aliphatic hydroxyl groups is 1. The zero-order chi connectivity index (χ0) is 14.9. The molecule has 0 bridgehead atoms. The lowest BCUT2D eigenvalue weighted by atomic mass is 9.92. The van der Waals surface area contributed by atoms with Crippen LogP contribution >= 0.6 is 11.6 Å². The van der Waals surface area contributed by atoms with Gasteiger partial charge < -0.3 is 15.7 Å². The van der Waals surface area contributed by atoms with E-state index in [1.54, 1.807) is 0 Å². The van der Waals surface area contributed by atoms with E-state index in [0.29, 0.717) is 13.0 Å². The summed E-state index contributed by atoms with van der Waals surface area (Å²) in [6.07, 6.45) is 0.607. The van der Waals surface area contributed by atoms with E-state index < -0.39 is 23.2 Å². The van der Waals surface area contributed by atoms with E-state index >= 15 is 0 Å². The molecule has 1 saturated heterocycles. The number of nitrogens with two attached hydrogens (primary N) is 1. The highest BCUT2D eigenvalue weighted by Crippen LogP contribution is 2.24. The third-order valence-corrected chi connectivity index (χ3v) is 3.61. The number of carbonyl (C=O) groups excluding carboxylic acids is 2. The molecule has 2 amide bonds. The molecule has 20 heavy (non-hydrogen) atoms. The summed E-state index contributed by atoms with van der Waals surface area (Å²) in [7, 11) is 0. The number of amides is 2. The van der Waals surface area contributed by atoms with Gasteiger partial charge in [-0.3, -0.25) is 9.59 Å². The fourth-order valence-corrected chi connectivity index (χ4v) is 2.40. The van der Waals surface area contributed by atoms with Gasteiger partial charge in [-0.05, 0) is 31.0 Å². The molecule has 1 aliphatic rings. The smallest absolute Gasteiger partial charge is 0.256 e. The number of rotatable bonds is 2. The number of nitrogens with zero attached hydrogens (tertiary/aromatic N) is 1. The molecule has 3 N–H and O–H groups in total. The first-order chi connectivity index (χ1) is 9.33. The standard InChI is InChI=1S/C13H14ClFN2O3/c14-8-2-3-9(10(15)6-8)11(18)17-5-1-4-13(20,7-17)12(16)19/h2-3,6,20H,1,4-5,7H2,(H2,16,19)/t13-/m1/s1. The molecule has 5 nitrogen and oxygen atoms in total. The van der Waals surface area contributed by atoms with E-state index in [0.717, 1.165) is 6.07 Å². The minimum Gasteiger partial charge on any atom is -0.378 e. The fraction of sp³-hybridized carbons (Fsp3) is 0.385. The van der Waals surface area contributed by atoms with Crippen LogP contribution in [-0.2, 0) is 4.79 Å². The molecule has 1 aromatic carbocycles. The minimum absolute atomic E-state index is 0.150. The molecule has 0 unspecified atom stereocenters. The summed E-state index contributed by atoms with van der Waals surface area (Å²) in [6.45, 7) is 0.0969. The summed E-state index contributed by atoms with van der Waals surface area (Å²) in [5, 5.41) is 10.2. The van der Waals surface area contributed by atoms with Gasteiger partial charge in [0.05, 0.1) is 12.1 Å². The Labute approximate surface area is 120 Å². The number of hydrogen-bond donors (Lipinski definition) is 2. The molecule has 0 aliphatic carbocycles. The van der Waals surface area contributed by atoms with Crippen molar-refractivity contribution in [1.82, 2.24) is 4.90 Å². The van der Waals surface area contributed by atoms with Crippen LogP contribution < -0.4 is 5.73 Å². The molecule has 1 atom stereocenters. The maximum Gasteiger partial charge on any atom is 0.256 e. The third kappa shape index (κ3) is 2.76. The Hall–Kier alpha value is -1.66. The Morgan fingerprint density at radius 1 is 1.45 bits per heavy atom. The van der Waals surface area contributed by atoms with Gasteiger partial charge in [0, 0.05) is 11.6 Å². The maximum absolute atomic E-state index is 13.7. The van der Waals surface area contributed by atoms with Crippen LogP contribution in [0.4, 0.5) is 4.39 Å².